The monoisotopic (exact) mass is 420 g/mol. The van der Waals surface area contributed by atoms with Crippen molar-refractivity contribution in [3.63, 3.8) is 0 Å². The first-order valence-corrected chi connectivity index (χ1v) is 9.89. The number of aromatic nitrogens is 2. The third-order valence-corrected chi connectivity index (χ3v) is 5.43. The van der Waals surface area contributed by atoms with E-state index in [0.29, 0.717) is 40.3 Å². The summed E-state index contributed by atoms with van der Waals surface area (Å²) in [5, 5.41) is 12.1. The molecule has 1 amide bonds. The zero-order valence-electron chi connectivity index (χ0n) is 15.3. The van der Waals surface area contributed by atoms with Gasteiger partial charge in [-0.2, -0.15) is 0 Å². The molecule has 3 heterocycles. The maximum absolute atomic E-state index is 13.0. The van der Waals surface area contributed by atoms with Gasteiger partial charge >= 0.3 is 0 Å². The lowest BCUT2D eigenvalue weighted by Gasteiger charge is -2.13. The van der Waals surface area contributed by atoms with Gasteiger partial charge in [-0.15, -0.1) is 0 Å². The second-order valence-electron chi connectivity index (χ2n) is 5.94. The molecule has 0 aromatic carbocycles. The van der Waals surface area contributed by atoms with E-state index < -0.39 is 0 Å². The van der Waals surface area contributed by atoms with Crippen molar-refractivity contribution in [2.24, 2.45) is 0 Å². The van der Waals surface area contributed by atoms with Crippen molar-refractivity contribution in [3.8, 4) is 0 Å². The van der Waals surface area contributed by atoms with Crippen molar-refractivity contribution in [1.29, 1.82) is 0 Å². The van der Waals surface area contributed by atoms with Gasteiger partial charge in [-0.3, -0.25) is 18.9 Å². The number of aliphatic hydroxyl groups is 1. The van der Waals surface area contributed by atoms with Gasteiger partial charge < -0.3 is 15.2 Å². The first-order chi connectivity index (χ1) is 13.6. The Morgan fingerprint density at radius 3 is 2.96 bits per heavy atom. The first kappa shape index (κ1) is 20.5. The highest BCUT2D eigenvalue weighted by molar-refractivity contribution is 8.26. The van der Waals surface area contributed by atoms with E-state index in [2.05, 4.69) is 10.3 Å². The standard InChI is InChI=1S/C18H20N4O4S2/c1-26-10-4-8-22-17(25)13(28-18(22)27)11-12-15(19-6-9-23)20-14-5-2-3-7-21(14)16(12)24/h2-3,5,7,11,19,23H,4,6,8-10H2,1H3/b13-11-. The molecule has 0 spiro atoms. The predicted octanol–water partition coefficient (Wildman–Crippen LogP) is 1.34. The molecule has 0 atom stereocenters. The molecule has 1 fully saturated rings. The topological polar surface area (TPSA) is 96.2 Å². The molecule has 1 aliphatic heterocycles. The Morgan fingerprint density at radius 1 is 1.39 bits per heavy atom. The molecule has 8 nitrogen and oxygen atoms in total. The Morgan fingerprint density at radius 2 is 2.21 bits per heavy atom. The molecule has 10 heteroatoms. The van der Waals surface area contributed by atoms with Crippen LogP contribution in [-0.2, 0) is 9.53 Å². The molecule has 0 bridgehead atoms. The number of pyridine rings is 1. The van der Waals surface area contributed by atoms with Crippen molar-refractivity contribution in [2.75, 3.05) is 38.7 Å². The Labute approximate surface area is 171 Å². The fourth-order valence-electron chi connectivity index (χ4n) is 2.73. The molecule has 3 rings (SSSR count). The maximum atomic E-state index is 13.0. The van der Waals surface area contributed by atoms with Crippen LogP contribution in [0.5, 0.6) is 0 Å². The van der Waals surface area contributed by atoms with Gasteiger partial charge in [0.2, 0.25) is 0 Å². The van der Waals surface area contributed by atoms with Gasteiger partial charge in [0, 0.05) is 33.0 Å². The van der Waals surface area contributed by atoms with Crippen molar-refractivity contribution in [1.82, 2.24) is 14.3 Å². The van der Waals surface area contributed by atoms with Crippen molar-refractivity contribution < 1.29 is 14.6 Å². The second kappa shape index (κ2) is 9.28. The highest BCUT2D eigenvalue weighted by atomic mass is 32.2. The van der Waals surface area contributed by atoms with Gasteiger partial charge in [0.05, 0.1) is 17.1 Å². The fraction of sp³-hybridized carbons (Fsp3) is 0.333. The van der Waals surface area contributed by atoms with Gasteiger partial charge in [0.1, 0.15) is 15.8 Å². The van der Waals surface area contributed by atoms with E-state index in [1.807, 2.05) is 0 Å². The summed E-state index contributed by atoms with van der Waals surface area (Å²) in [7, 11) is 1.60. The minimum Gasteiger partial charge on any atom is -0.395 e. The molecule has 2 N–H and O–H groups in total. The van der Waals surface area contributed by atoms with E-state index in [0.717, 1.165) is 11.8 Å². The summed E-state index contributed by atoms with van der Waals surface area (Å²) < 4.78 is 6.88. The number of aliphatic hydroxyl groups excluding tert-OH is 1. The summed E-state index contributed by atoms with van der Waals surface area (Å²) in [6.07, 6.45) is 3.80. The van der Waals surface area contributed by atoms with Gasteiger partial charge in [-0.1, -0.05) is 30.0 Å². The lowest BCUT2D eigenvalue weighted by molar-refractivity contribution is -0.122. The number of fused-ring (bicyclic) bond motifs is 1. The summed E-state index contributed by atoms with van der Waals surface area (Å²) in [6, 6.07) is 5.23. The zero-order valence-corrected chi connectivity index (χ0v) is 16.9. The van der Waals surface area contributed by atoms with Gasteiger partial charge in [0.25, 0.3) is 11.5 Å². The molecule has 148 valence electrons. The van der Waals surface area contributed by atoms with E-state index in [1.54, 1.807) is 31.5 Å². The molecule has 0 radical (unpaired) electrons. The van der Waals surface area contributed by atoms with Crippen LogP contribution in [0.15, 0.2) is 34.1 Å². The molecule has 2 aromatic heterocycles. The number of ether oxygens (including phenoxy) is 1. The van der Waals surface area contributed by atoms with Crippen LogP contribution in [-0.4, -0.2) is 63.0 Å². The van der Waals surface area contributed by atoms with Gasteiger partial charge in [-0.05, 0) is 24.6 Å². The zero-order chi connectivity index (χ0) is 20.1. The summed E-state index contributed by atoms with van der Waals surface area (Å²) >= 11 is 6.47. The maximum Gasteiger partial charge on any atom is 0.267 e. The molecule has 1 aliphatic rings. The Hall–Kier alpha value is -2.27. The molecule has 0 aliphatic carbocycles. The normalized spacial score (nSPS) is 15.8. The summed E-state index contributed by atoms with van der Waals surface area (Å²) in [5.41, 5.74) is 0.405. The number of rotatable bonds is 8. The minimum absolute atomic E-state index is 0.114. The van der Waals surface area contributed by atoms with E-state index in [9.17, 15) is 9.59 Å². The SMILES string of the molecule is COCCCN1C(=O)/C(=C/c2c(NCCO)nc3ccccn3c2=O)SC1=S. The quantitative estimate of drug-likeness (QED) is 0.375. The molecule has 0 saturated carbocycles. The number of nitrogens with one attached hydrogen (secondary N) is 1. The third kappa shape index (κ3) is 4.25. The molecule has 28 heavy (non-hydrogen) atoms. The smallest absolute Gasteiger partial charge is 0.267 e. The predicted molar refractivity (Wildman–Crippen MR) is 113 cm³/mol. The molecular weight excluding hydrogens is 400 g/mol. The number of thioether (sulfide) groups is 1. The average Bonchev–Trinajstić information content (AvgIpc) is 2.96. The van der Waals surface area contributed by atoms with Crippen LogP contribution in [0.1, 0.15) is 12.0 Å². The molecular formula is C18H20N4O4S2. The van der Waals surface area contributed by atoms with E-state index in [4.69, 9.17) is 22.1 Å². The van der Waals surface area contributed by atoms with Crippen LogP contribution in [0.25, 0.3) is 11.7 Å². The number of methoxy groups -OCH3 is 1. The Balaban J connectivity index is 2.00. The van der Waals surface area contributed by atoms with Crippen molar-refractivity contribution >= 4 is 51.7 Å². The van der Waals surface area contributed by atoms with E-state index in [-0.39, 0.29) is 30.2 Å². The van der Waals surface area contributed by atoms with Crippen LogP contribution in [0.4, 0.5) is 5.82 Å². The number of amides is 1. The summed E-state index contributed by atoms with van der Waals surface area (Å²) in [5.74, 6) is 0.0756. The molecule has 1 saturated heterocycles. The summed E-state index contributed by atoms with van der Waals surface area (Å²) in [6.45, 7) is 1.10. The highest BCUT2D eigenvalue weighted by Crippen LogP contribution is 2.33. The minimum atomic E-state index is -0.310. The molecule has 0 unspecified atom stereocenters. The van der Waals surface area contributed by atoms with Gasteiger partial charge in [0.15, 0.2) is 0 Å². The number of carbonyl (C=O) groups is 1. The number of nitrogens with zero attached hydrogens (tertiary/aromatic N) is 3. The van der Waals surface area contributed by atoms with E-state index >= 15 is 0 Å². The average molecular weight is 421 g/mol. The Bertz CT molecular complexity index is 989. The number of thiocarbonyl (C=S) groups is 1. The number of hydrogen-bond donors (Lipinski definition) is 2. The van der Waals surface area contributed by atoms with E-state index in [1.165, 1.54) is 15.4 Å². The third-order valence-electron chi connectivity index (χ3n) is 4.05. The van der Waals surface area contributed by atoms with Crippen LogP contribution in [0, 0.1) is 0 Å². The lowest BCUT2D eigenvalue weighted by Crippen LogP contribution is -2.29. The van der Waals surface area contributed by atoms with Crippen molar-refractivity contribution in [3.05, 3.63) is 45.2 Å². The van der Waals surface area contributed by atoms with Crippen LogP contribution in [0.2, 0.25) is 0 Å². The van der Waals surface area contributed by atoms with Crippen LogP contribution in [0.3, 0.4) is 0 Å². The van der Waals surface area contributed by atoms with Crippen LogP contribution >= 0.6 is 24.0 Å². The highest BCUT2D eigenvalue weighted by Gasteiger charge is 2.32. The summed E-state index contributed by atoms with van der Waals surface area (Å²) in [4.78, 5) is 32.0. The number of anilines is 1. The largest absolute Gasteiger partial charge is 0.395 e. The Kier molecular flexibility index (Phi) is 6.79. The number of hydrogen-bond acceptors (Lipinski definition) is 8. The van der Waals surface area contributed by atoms with Crippen molar-refractivity contribution in [2.45, 2.75) is 6.42 Å². The molecule has 2 aromatic rings. The lowest BCUT2D eigenvalue weighted by atomic mass is 10.2. The number of carbonyl (C=O) groups excluding carboxylic acids is 1. The second-order valence-corrected chi connectivity index (χ2v) is 7.61. The fourth-order valence-corrected chi connectivity index (χ4v) is 4.02. The first-order valence-electron chi connectivity index (χ1n) is 8.67. The van der Waals surface area contributed by atoms with Gasteiger partial charge in [-0.25, -0.2) is 4.98 Å². The van der Waals surface area contributed by atoms with Crippen LogP contribution < -0.4 is 10.9 Å².